The van der Waals surface area contributed by atoms with E-state index in [0.717, 1.165) is 24.9 Å². The molecule has 3 N–H and O–H groups in total. The second-order valence-corrected chi connectivity index (χ2v) is 4.23. The molecule has 1 saturated heterocycles. The highest BCUT2D eigenvalue weighted by Gasteiger charge is 2.21. The van der Waals surface area contributed by atoms with Crippen LogP contribution in [-0.4, -0.2) is 35.6 Å². The molecule has 13 heavy (non-hydrogen) atoms. The summed E-state index contributed by atoms with van der Waals surface area (Å²) in [5.74, 6) is 1.74. The zero-order valence-corrected chi connectivity index (χ0v) is 8.40. The molecule has 0 aromatic rings. The number of hydrogen-bond donors (Lipinski definition) is 2. The molecule has 0 aromatic carbocycles. The maximum Gasteiger partial charge on any atom is 0.153 e. The first-order chi connectivity index (χ1) is 6.11. The lowest BCUT2D eigenvalue weighted by Gasteiger charge is -2.34. The minimum atomic E-state index is 0.307. The molecule has 1 heterocycles. The van der Waals surface area contributed by atoms with Crippen molar-refractivity contribution in [3.63, 3.8) is 0 Å². The van der Waals surface area contributed by atoms with E-state index in [1.807, 2.05) is 0 Å². The van der Waals surface area contributed by atoms with Crippen LogP contribution in [0.5, 0.6) is 0 Å². The van der Waals surface area contributed by atoms with Gasteiger partial charge in [-0.2, -0.15) is 0 Å². The highest BCUT2D eigenvalue weighted by Crippen LogP contribution is 2.20. The van der Waals surface area contributed by atoms with Gasteiger partial charge >= 0.3 is 0 Å². The number of piperidine rings is 1. The van der Waals surface area contributed by atoms with Crippen molar-refractivity contribution in [1.82, 2.24) is 4.90 Å². The third-order valence-electron chi connectivity index (χ3n) is 2.46. The van der Waals surface area contributed by atoms with Crippen molar-refractivity contribution < 1.29 is 5.21 Å². The van der Waals surface area contributed by atoms with E-state index in [1.54, 1.807) is 0 Å². The van der Waals surface area contributed by atoms with Gasteiger partial charge in [-0.25, -0.2) is 0 Å². The lowest BCUT2D eigenvalue weighted by Crippen LogP contribution is -2.43. The van der Waals surface area contributed by atoms with Crippen LogP contribution in [0.4, 0.5) is 0 Å². The minimum absolute atomic E-state index is 0.307. The Morgan fingerprint density at radius 1 is 1.46 bits per heavy atom. The van der Waals surface area contributed by atoms with Crippen LogP contribution in [0.1, 0.15) is 20.3 Å². The molecule has 76 valence electrons. The van der Waals surface area contributed by atoms with Gasteiger partial charge in [-0.05, 0) is 18.3 Å². The summed E-state index contributed by atoms with van der Waals surface area (Å²) in [6, 6.07) is 0. The van der Waals surface area contributed by atoms with Gasteiger partial charge in [-0.3, -0.25) is 4.90 Å². The molecule has 2 atom stereocenters. The van der Waals surface area contributed by atoms with E-state index in [-0.39, 0.29) is 0 Å². The largest absolute Gasteiger partial charge is 0.409 e. The van der Waals surface area contributed by atoms with Crippen LogP contribution >= 0.6 is 0 Å². The van der Waals surface area contributed by atoms with Crippen LogP contribution in [-0.2, 0) is 0 Å². The first-order valence-corrected chi connectivity index (χ1v) is 4.80. The zero-order valence-electron chi connectivity index (χ0n) is 8.40. The molecule has 0 bridgehead atoms. The number of nitrogens with two attached hydrogens (primary N) is 1. The van der Waals surface area contributed by atoms with E-state index in [9.17, 15) is 0 Å². The van der Waals surface area contributed by atoms with E-state index in [4.69, 9.17) is 10.9 Å². The van der Waals surface area contributed by atoms with Crippen molar-refractivity contribution in [2.24, 2.45) is 22.7 Å². The van der Waals surface area contributed by atoms with Gasteiger partial charge < -0.3 is 10.9 Å². The molecule has 1 aliphatic heterocycles. The minimum Gasteiger partial charge on any atom is -0.409 e. The Kier molecular flexibility index (Phi) is 3.54. The standard InChI is InChI=1S/C9H19N3O/c1-7-3-8(2)5-12(4-7)6-9(10)11-13/h7-8,13H,3-6H2,1-2H3,(H2,10,11). The summed E-state index contributed by atoms with van der Waals surface area (Å²) >= 11 is 0. The normalized spacial score (nSPS) is 32.0. The summed E-state index contributed by atoms with van der Waals surface area (Å²) in [6.07, 6.45) is 1.28. The van der Waals surface area contributed by atoms with Gasteiger partial charge in [0, 0.05) is 13.1 Å². The first kappa shape index (κ1) is 10.3. The molecule has 0 radical (unpaired) electrons. The Bertz CT molecular complexity index is 183. The fraction of sp³-hybridized carbons (Fsp3) is 0.889. The van der Waals surface area contributed by atoms with E-state index in [0.29, 0.717) is 12.4 Å². The number of oxime groups is 1. The molecule has 0 aromatic heterocycles. The second kappa shape index (κ2) is 4.46. The molecular weight excluding hydrogens is 166 g/mol. The van der Waals surface area contributed by atoms with Gasteiger partial charge in [0.05, 0.1) is 6.54 Å². The number of amidine groups is 1. The monoisotopic (exact) mass is 185 g/mol. The summed E-state index contributed by atoms with van der Waals surface area (Å²) in [7, 11) is 0. The lowest BCUT2D eigenvalue weighted by atomic mass is 9.92. The molecule has 1 rings (SSSR count). The van der Waals surface area contributed by atoms with Gasteiger partial charge in [0.25, 0.3) is 0 Å². The van der Waals surface area contributed by atoms with E-state index < -0.39 is 0 Å². The van der Waals surface area contributed by atoms with E-state index in [1.165, 1.54) is 6.42 Å². The molecule has 4 nitrogen and oxygen atoms in total. The van der Waals surface area contributed by atoms with Crippen LogP contribution in [0.25, 0.3) is 0 Å². The van der Waals surface area contributed by atoms with Crippen molar-refractivity contribution >= 4 is 5.84 Å². The van der Waals surface area contributed by atoms with Crippen LogP contribution in [0, 0.1) is 11.8 Å². The Labute approximate surface area is 79.4 Å². The van der Waals surface area contributed by atoms with Crippen LogP contribution in [0.15, 0.2) is 5.16 Å². The molecule has 4 heteroatoms. The Balaban J connectivity index is 2.41. The smallest absolute Gasteiger partial charge is 0.153 e. The second-order valence-electron chi connectivity index (χ2n) is 4.23. The van der Waals surface area contributed by atoms with Crippen molar-refractivity contribution in [2.75, 3.05) is 19.6 Å². The average molecular weight is 185 g/mol. The van der Waals surface area contributed by atoms with Crippen LogP contribution < -0.4 is 5.73 Å². The molecule has 0 spiro atoms. The lowest BCUT2D eigenvalue weighted by molar-refractivity contribution is 0.157. The van der Waals surface area contributed by atoms with Gasteiger partial charge in [-0.1, -0.05) is 19.0 Å². The topological polar surface area (TPSA) is 61.8 Å². The van der Waals surface area contributed by atoms with Crippen molar-refractivity contribution in [1.29, 1.82) is 0 Å². The van der Waals surface area contributed by atoms with E-state index >= 15 is 0 Å². The fourth-order valence-electron chi connectivity index (χ4n) is 2.18. The average Bonchev–Trinajstić information content (AvgIpc) is 2.02. The number of rotatable bonds is 2. The zero-order chi connectivity index (χ0) is 9.84. The van der Waals surface area contributed by atoms with Gasteiger partial charge in [0.1, 0.15) is 0 Å². The first-order valence-electron chi connectivity index (χ1n) is 4.80. The Morgan fingerprint density at radius 2 is 2.00 bits per heavy atom. The maximum atomic E-state index is 8.43. The quantitative estimate of drug-likeness (QED) is 0.288. The fourth-order valence-corrected chi connectivity index (χ4v) is 2.18. The maximum absolute atomic E-state index is 8.43. The third kappa shape index (κ3) is 3.22. The molecule has 1 aliphatic rings. The highest BCUT2D eigenvalue weighted by atomic mass is 16.4. The summed E-state index contributed by atoms with van der Waals surface area (Å²) in [5, 5.41) is 11.4. The van der Waals surface area contributed by atoms with Crippen molar-refractivity contribution in [3.8, 4) is 0 Å². The number of nitrogens with zero attached hydrogens (tertiary/aromatic N) is 2. The number of hydrogen-bond acceptors (Lipinski definition) is 3. The van der Waals surface area contributed by atoms with Crippen LogP contribution in [0.2, 0.25) is 0 Å². The molecular formula is C9H19N3O. The molecule has 0 aliphatic carbocycles. The summed E-state index contributed by atoms with van der Waals surface area (Å²) in [5.41, 5.74) is 5.45. The molecule has 2 unspecified atom stereocenters. The SMILES string of the molecule is CC1CC(C)CN(C/C(N)=N/O)C1. The summed E-state index contributed by atoms with van der Waals surface area (Å²) in [4.78, 5) is 2.24. The van der Waals surface area contributed by atoms with Gasteiger partial charge in [0.2, 0.25) is 0 Å². The Hall–Kier alpha value is -0.770. The third-order valence-corrected chi connectivity index (χ3v) is 2.46. The summed E-state index contributed by atoms with van der Waals surface area (Å²) < 4.78 is 0. The summed E-state index contributed by atoms with van der Waals surface area (Å²) in [6.45, 7) is 7.19. The van der Waals surface area contributed by atoms with Crippen molar-refractivity contribution in [3.05, 3.63) is 0 Å². The van der Waals surface area contributed by atoms with Gasteiger partial charge in [0.15, 0.2) is 5.84 Å². The van der Waals surface area contributed by atoms with Gasteiger partial charge in [-0.15, -0.1) is 0 Å². The Morgan fingerprint density at radius 3 is 2.46 bits per heavy atom. The van der Waals surface area contributed by atoms with E-state index in [2.05, 4.69) is 23.9 Å². The molecule has 0 saturated carbocycles. The number of likely N-dealkylation sites (tertiary alicyclic amines) is 1. The molecule has 1 fully saturated rings. The predicted octanol–water partition coefficient (Wildman–Crippen LogP) is 0.711. The predicted molar refractivity (Wildman–Crippen MR) is 52.8 cm³/mol. The molecule has 0 amide bonds. The van der Waals surface area contributed by atoms with Crippen molar-refractivity contribution in [2.45, 2.75) is 20.3 Å². The van der Waals surface area contributed by atoms with Crippen LogP contribution in [0.3, 0.4) is 0 Å². The highest BCUT2D eigenvalue weighted by molar-refractivity contribution is 5.81.